The lowest BCUT2D eigenvalue weighted by molar-refractivity contribution is -0.163. The van der Waals surface area contributed by atoms with Crippen molar-refractivity contribution in [2.75, 3.05) is 18.0 Å². The van der Waals surface area contributed by atoms with Crippen molar-refractivity contribution in [3.8, 4) is 0 Å². The summed E-state index contributed by atoms with van der Waals surface area (Å²) in [7, 11) is -1.27. The van der Waals surface area contributed by atoms with Crippen LogP contribution in [0.1, 0.15) is 59.4 Å². The summed E-state index contributed by atoms with van der Waals surface area (Å²) in [6, 6.07) is 1.95. The Labute approximate surface area is 233 Å². The molecule has 182 valence electrons. The highest BCUT2D eigenvalue weighted by atomic mass is 127. The third-order valence-electron chi connectivity index (χ3n) is 6.38. The molecule has 1 fully saturated rings. The highest BCUT2D eigenvalue weighted by Gasteiger charge is 2.44. The molecule has 1 aliphatic rings. The van der Waals surface area contributed by atoms with Gasteiger partial charge in [-0.25, -0.2) is 8.42 Å². The van der Waals surface area contributed by atoms with E-state index in [0.717, 1.165) is 35.4 Å². The lowest BCUT2D eigenvalue weighted by Crippen LogP contribution is -2.60. The highest BCUT2D eigenvalue weighted by molar-refractivity contribution is 14.1. The zero-order valence-electron chi connectivity index (χ0n) is 19.7. The number of piperidine rings is 1. The van der Waals surface area contributed by atoms with Gasteiger partial charge in [0.25, 0.3) is 0 Å². The van der Waals surface area contributed by atoms with Gasteiger partial charge in [0.1, 0.15) is 6.10 Å². The number of halogens is 3. The van der Waals surface area contributed by atoms with E-state index in [0.29, 0.717) is 18.5 Å². The molecule has 32 heavy (non-hydrogen) atoms. The molecule has 1 aromatic rings. The van der Waals surface area contributed by atoms with E-state index in [1.54, 1.807) is 0 Å². The Morgan fingerprint density at radius 3 is 2.19 bits per heavy atom. The number of ether oxygens (including phenoxy) is 1. The van der Waals surface area contributed by atoms with Gasteiger partial charge in [-0.15, -0.1) is 0 Å². The minimum atomic E-state index is -3.41. The number of carbonyl (C=O) groups is 1. The van der Waals surface area contributed by atoms with E-state index in [1.807, 2.05) is 13.0 Å². The van der Waals surface area contributed by atoms with Crippen LogP contribution in [0, 0.1) is 16.6 Å². The summed E-state index contributed by atoms with van der Waals surface area (Å²) in [6.07, 6.45) is 3.81. The number of likely N-dealkylation sites (tertiary alicyclic amines) is 1. The second-order valence-electron chi connectivity index (χ2n) is 9.84. The Hall–Kier alpha value is 0.590. The van der Waals surface area contributed by atoms with Crippen LogP contribution in [-0.4, -0.2) is 49.8 Å². The number of benzene rings is 1. The molecule has 1 N–H and O–H groups in total. The van der Waals surface area contributed by atoms with E-state index in [-0.39, 0.29) is 29.1 Å². The van der Waals surface area contributed by atoms with Crippen LogP contribution in [0.15, 0.2) is 6.07 Å². The number of nitrogens with one attached hydrogen (secondary N) is 1. The molecule has 1 aromatic carbocycles. The summed E-state index contributed by atoms with van der Waals surface area (Å²) in [6.45, 7) is 10.8. The number of sulfonamides is 1. The fraction of sp³-hybridized carbons (Fsp3) is 0.682. The molecule has 1 saturated heterocycles. The highest BCUT2D eigenvalue weighted by Crippen LogP contribution is 2.39. The minimum Gasteiger partial charge on any atom is -0.462 e. The summed E-state index contributed by atoms with van der Waals surface area (Å²) in [5, 5.41) is 0. The lowest BCUT2D eigenvalue weighted by atomic mass is 9.78. The van der Waals surface area contributed by atoms with Gasteiger partial charge >= 0.3 is 5.97 Å². The predicted molar refractivity (Wildman–Crippen MR) is 156 cm³/mol. The molecule has 0 bridgehead atoms. The molecule has 0 amide bonds. The number of esters is 1. The molecule has 0 aliphatic carbocycles. The number of carbonyl (C=O) groups excluding carboxylic acids is 1. The van der Waals surface area contributed by atoms with Crippen molar-refractivity contribution in [2.24, 2.45) is 5.92 Å². The van der Waals surface area contributed by atoms with Crippen molar-refractivity contribution >= 4 is 89.5 Å². The van der Waals surface area contributed by atoms with E-state index >= 15 is 0 Å². The van der Waals surface area contributed by atoms with Gasteiger partial charge in [-0.2, -0.15) is 0 Å². The van der Waals surface area contributed by atoms with Crippen LogP contribution in [-0.2, 0) is 26.0 Å². The molecule has 0 radical (unpaired) electrons. The maximum absolute atomic E-state index is 13.2. The first-order valence-corrected chi connectivity index (χ1v) is 15.7. The molecular weight excluding hydrogens is 769 g/mol. The van der Waals surface area contributed by atoms with E-state index in [1.165, 1.54) is 0 Å². The van der Waals surface area contributed by atoms with Crippen LogP contribution >= 0.6 is 67.8 Å². The summed E-state index contributed by atoms with van der Waals surface area (Å²) < 4.78 is 35.1. The molecule has 2 rings (SSSR count). The van der Waals surface area contributed by atoms with E-state index in [9.17, 15) is 13.2 Å². The van der Waals surface area contributed by atoms with Gasteiger partial charge in [0.05, 0.1) is 17.9 Å². The maximum atomic E-state index is 13.2. The first kappa shape index (κ1) is 28.8. The standard InChI is InChI=1S/C22H33I3N2O4S/c1-8-13(20(28)31-14-11-21(2,3)27(6)22(4,5)12-14)9-15-16(23)10-17(24)19(18(15)25)26-32(7,29)30/h10,13-14,26H,8-9,11-12H2,1-7H3. The normalized spacial score (nSPS) is 20.1. The van der Waals surface area contributed by atoms with Crippen LogP contribution in [0.2, 0.25) is 0 Å². The molecule has 0 spiro atoms. The zero-order chi connectivity index (χ0) is 24.6. The first-order chi connectivity index (χ1) is 14.5. The molecule has 1 atom stereocenters. The molecule has 1 unspecified atom stereocenters. The number of hydrogen-bond donors (Lipinski definition) is 1. The number of rotatable bonds is 7. The lowest BCUT2D eigenvalue weighted by Gasteiger charge is -2.53. The third-order valence-corrected chi connectivity index (χ3v) is 9.96. The zero-order valence-corrected chi connectivity index (χ0v) is 27.0. The van der Waals surface area contributed by atoms with Crippen LogP contribution < -0.4 is 4.72 Å². The predicted octanol–water partition coefficient (Wildman–Crippen LogP) is 5.64. The summed E-state index contributed by atoms with van der Waals surface area (Å²) in [5.74, 6) is -0.453. The van der Waals surface area contributed by atoms with Crippen molar-refractivity contribution in [3.05, 3.63) is 22.3 Å². The van der Waals surface area contributed by atoms with Crippen molar-refractivity contribution in [1.29, 1.82) is 0 Å². The largest absolute Gasteiger partial charge is 0.462 e. The molecule has 1 aliphatic heterocycles. The van der Waals surface area contributed by atoms with Crippen molar-refractivity contribution in [2.45, 2.75) is 77.5 Å². The Morgan fingerprint density at radius 1 is 1.19 bits per heavy atom. The molecule has 1 heterocycles. The van der Waals surface area contributed by atoms with Gasteiger partial charge in [0, 0.05) is 34.6 Å². The van der Waals surface area contributed by atoms with E-state index < -0.39 is 10.0 Å². The van der Waals surface area contributed by atoms with Crippen LogP contribution in [0.4, 0.5) is 5.69 Å². The van der Waals surface area contributed by atoms with Crippen LogP contribution in [0.25, 0.3) is 0 Å². The second-order valence-corrected chi connectivity index (χ2v) is 15.0. The number of nitrogens with zero attached hydrogens (tertiary/aromatic N) is 1. The SMILES string of the molecule is CCC(Cc1c(I)cc(I)c(NS(C)(=O)=O)c1I)C(=O)OC1CC(C)(C)N(C)C(C)(C)C1. The molecule has 6 nitrogen and oxygen atoms in total. The Morgan fingerprint density at radius 2 is 1.72 bits per heavy atom. The minimum absolute atomic E-state index is 0.0541. The smallest absolute Gasteiger partial charge is 0.309 e. The Kier molecular flexibility index (Phi) is 9.63. The molecule has 0 aromatic heterocycles. The van der Waals surface area contributed by atoms with E-state index in [4.69, 9.17) is 4.74 Å². The van der Waals surface area contributed by atoms with Gasteiger partial charge in [0.15, 0.2) is 0 Å². The average Bonchev–Trinajstić information content (AvgIpc) is 2.62. The van der Waals surface area contributed by atoms with E-state index in [2.05, 4.69) is 112 Å². The number of anilines is 1. The molecule has 10 heteroatoms. The monoisotopic (exact) mass is 802 g/mol. The summed E-state index contributed by atoms with van der Waals surface area (Å²) in [5.41, 5.74) is 1.44. The topological polar surface area (TPSA) is 75.7 Å². The fourth-order valence-corrected chi connectivity index (χ4v) is 9.39. The van der Waals surface area contributed by atoms with Crippen LogP contribution in [0.3, 0.4) is 0 Å². The first-order valence-electron chi connectivity index (χ1n) is 10.6. The van der Waals surface area contributed by atoms with Gasteiger partial charge < -0.3 is 4.74 Å². The van der Waals surface area contributed by atoms with Gasteiger partial charge in [-0.3, -0.25) is 14.4 Å². The maximum Gasteiger partial charge on any atom is 0.309 e. The molecular formula is C22H33I3N2O4S. The van der Waals surface area contributed by atoms with Gasteiger partial charge in [-0.05, 0) is 127 Å². The Balaban J connectivity index is 2.25. The van der Waals surface area contributed by atoms with Crippen molar-refractivity contribution < 1.29 is 17.9 Å². The van der Waals surface area contributed by atoms with Crippen LogP contribution in [0.5, 0.6) is 0 Å². The number of hydrogen-bond acceptors (Lipinski definition) is 5. The average molecular weight is 802 g/mol. The summed E-state index contributed by atoms with van der Waals surface area (Å²) >= 11 is 6.58. The van der Waals surface area contributed by atoms with Crippen molar-refractivity contribution in [1.82, 2.24) is 4.90 Å². The second kappa shape index (κ2) is 10.7. The molecule has 0 saturated carbocycles. The van der Waals surface area contributed by atoms with Gasteiger partial charge in [-0.1, -0.05) is 6.92 Å². The van der Waals surface area contributed by atoms with Gasteiger partial charge in [0.2, 0.25) is 10.0 Å². The Bertz CT molecular complexity index is 962. The quantitative estimate of drug-likeness (QED) is 0.286. The third kappa shape index (κ3) is 7.06. The van der Waals surface area contributed by atoms with Crippen molar-refractivity contribution in [3.63, 3.8) is 0 Å². The fourth-order valence-electron chi connectivity index (χ4n) is 4.36. The summed E-state index contributed by atoms with van der Waals surface area (Å²) in [4.78, 5) is 15.6.